The molecular weight excluding hydrogens is 348 g/mol. The van der Waals surface area contributed by atoms with Gasteiger partial charge in [-0.2, -0.15) is 0 Å². The van der Waals surface area contributed by atoms with Gasteiger partial charge in [-0.3, -0.25) is 9.59 Å². The number of benzene rings is 2. The summed E-state index contributed by atoms with van der Waals surface area (Å²) in [5.74, 6) is 0.654. The van der Waals surface area contributed by atoms with Crippen molar-refractivity contribution < 1.29 is 9.53 Å². The fourth-order valence-electron chi connectivity index (χ4n) is 2.69. The third-order valence-electron chi connectivity index (χ3n) is 3.85. The van der Waals surface area contributed by atoms with Crippen LogP contribution in [-0.2, 0) is 16.1 Å². The van der Waals surface area contributed by atoms with Crippen molar-refractivity contribution in [2.75, 3.05) is 18.2 Å². The standard InChI is InChI=1S/C20H20N2O3S/c1-25-13-14-11-20(24)22-18-12-15(7-8-17(14)18)21-19(23)9-10-26-16-5-3-2-4-6-16/h2-8,11-12H,9-10,13H2,1H3,(H,21,23)(H,22,24). The Morgan fingerprint density at radius 3 is 2.73 bits per heavy atom. The van der Waals surface area contributed by atoms with E-state index in [0.29, 0.717) is 30.0 Å². The van der Waals surface area contributed by atoms with Gasteiger partial charge in [0.05, 0.1) is 12.1 Å². The van der Waals surface area contributed by atoms with E-state index in [1.165, 1.54) is 6.07 Å². The number of hydrogen-bond donors (Lipinski definition) is 2. The van der Waals surface area contributed by atoms with Gasteiger partial charge in [0.25, 0.3) is 0 Å². The Labute approximate surface area is 155 Å². The number of rotatable bonds is 7. The van der Waals surface area contributed by atoms with Crippen molar-refractivity contribution in [2.24, 2.45) is 0 Å². The molecule has 0 saturated carbocycles. The van der Waals surface area contributed by atoms with Crippen molar-refractivity contribution in [2.45, 2.75) is 17.9 Å². The fraction of sp³-hybridized carbons (Fsp3) is 0.200. The number of amides is 1. The van der Waals surface area contributed by atoms with Gasteiger partial charge in [0, 0.05) is 41.3 Å². The Balaban J connectivity index is 1.65. The Kier molecular flexibility index (Phi) is 6.09. The summed E-state index contributed by atoms with van der Waals surface area (Å²) in [6.45, 7) is 0.364. The molecule has 1 heterocycles. The van der Waals surface area contributed by atoms with Crippen LogP contribution in [0, 0.1) is 0 Å². The first-order chi connectivity index (χ1) is 12.7. The lowest BCUT2D eigenvalue weighted by Crippen LogP contribution is -2.13. The van der Waals surface area contributed by atoms with Crippen LogP contribution in [0.25, 0.3) is 10.9 Å². The summed E-state index contributed by atoms with van der Waals surface area (Å²) in [5, 5.41) is 3.79. The minimum absolute atomic E-state index is 0.0526. The first kappa shape index (κ1) is 18.2. The number of pyridine rings is 1. The molecule has 3 aromatic rings. The monoisotopic (exact) mass is 368 g/mol. The average molecular weight is 368 g/mol. The third kappa shape index (κ3) is 4.74. The molecule has 2 N–H and O–H groups in total. The van der Waals surface area contributed by atoms with Gasteiger partial charge in [-0.1, -0.05) is 24.3 Å². The highest BCUT2D eigenvalue weighted by Gasteiger charge is 2.07. The molecule has 2 aromatic carbocycles. The highest BCUT2D eigenvalue weighted by molar-refractivity contribution is 7.99. The molecule has 5 nitrogen and oxygen atoms in total. The number of hydrogen-bond acceptors (Lipinski definition) is 4. The van der Waals surface area contributed by atoms with Crippen molar-refractivity contribution in [3.8, 4) is 0 Å². The molecule has 0 atom stereocenters. The fourth-order valence-corrected chi connectivity index (χ4v) is 3.56. The Hall–Kier alpha value is -2.57. The number of carbonyl (C=O) groups is 1. The number of nitrogens with one attached hydrogen (secondary N) is 2. The number of ether oxygens (including phenoxy) is 1. The zero-order chi connectivity index (χ0) is 18.4. The number of fused-ring (bicyclic) bond motifs is 1. The SMILES string of the molecule is COCc1cc(=O)[nH]c2cc(NC(=O)CCSc3ccccc3)ccc12. The van der Waals surface area contributed by atoms with E-state index in [9.17, 15) is 9.59 Å². The molecule has 1 aromatic heterocycles. The Bertz CT molecular complexity index is 954. The summed E-state index contributed by atoms with van der Waals surface area (Å²) >= 11 is 1.65. The number of thioether (sulfide) groups is 1. The second-order valence-electron chi connectivity index (χ2n) is 5.81. The van der Waals surface area contributed by atoms with Gasteiger partial charge < -0.3 is 15.0 Å². The van der Waals surface area contributed by atoms with Crippen LogP contribution in [0.5, 0.6) is 0 Å². The maximum absolute atomic E-state index is 12.2. The highest BCUT2D eigenvalue weighted by Crippen LogP contribution is 2.21. The molecular formula is C20H20N2O3S. The lowest BCUT2D eigenvalue weighted by molar-refractivity contribution is -0.115. The van der Waals surface area contributed by atoms with Crippen LogP contribution in [0.4, 0.5) is 5.69 Å². The molecule has 26 heavy (non-hydrogen) atoms. The zero-order valence-electron chi connectivity index (χ0n) is 14.5. The second-order valence-corrected chi connectivity index (χ2v) is 6.98. The Morgan fingerprint density at radius 2 is 1.96 bits per heavy atom. The molecule has 0 spiro atoms. The maximum atomic E-state index is 12.2. The van der Waals surface area contributed by atoms with Crippen molar-refractivity contribution in [3.63, 3.8) is 0 Å². The van der Waals surface area contributed by atoms with E-state index in [0.717, 1.165) is 15.8 Å². The summed E-state index contributed by atoms with van der Waals surface area (Å²) in [6, 6.07) is 17.0. The van der Waals surface area contributed by atoms with E-state index in [4.69, 9.17) is 4.74 Å². The number of anilines is 1. The molecule has 0 saturated heterocycles. The number of aromatic amines is 1. The summed E-state index contributed by atoms with van der Waals surface area (Å²) < 4.78 is 5.14. The lowest BCUT2D eigenvalue weighted by atomic mass is 10.1. The van der Waals surface area contributed by atoms with Gasteiger partial charge in [-0.05, 0) is 29.8 Å². The zero-order valence-corrected chi connectivity index (χ0v) is 15.3. The Morgan fingerprint density at radius 1 is 1.15 bits per heavy atom. The maximum Gasteiger partial charge on any atom is 0.248 e. The topological polar surface area (TPSA) is 71.2 Å². The molecule has 0 aliphatic carbocycles. The van der Waals surface area contributed by atoms with Crippen LogP contribution in [0.2, 0.25) is 0 Å². The number of H-pyrrole nitrogens is 1. The molecule has 6 heteroatoms. The summed E-state index contributed by atoms with van der Waals surface area (Å²) in [5.41, 5.74) is 1.98. The van der Waals surface area contributed by atoms with Crippen molar-refractivity contribution >= 4 is 34.3 Å². The van der Waals surface area contributed by atoms with Crippen LogP contribution >= 0.6 is 11.8 Å². The number of carbonyl (C=O) groups excluding carboxylic acids is 1. The number of methoxy groups -OCH3 is 1. The van der Waals surface area contributed by atoms with Crippen LogP contribution in [0.3, 0.4) is 0 Å². The van der Waals surface area contributed by atoms with Crippen molar-refractivity contribution in [3.05, 3.63) is 70.5 Å². The number of aromatic nitrogens is 1. The van der Waals surface area contributed by atoms with Gasteiger partial charge in [0.2, 0.25) is 11.5 Å². The molecule has 3 rings (SSSR count). The summed E-state index contributed by atoms with van der Waals surface area (Å²) in [7, 11) is 1.59. The third-order valence-corrected chi connectivity index (χ3v) is 4.87. The molecule has 0 unspecified atom stereocenters. The smallest absolute Gasteiger partial charge is 0.248 e. The largest absolute Gasteiger partial charge is 0.380 e. The van der Waals surface area contributed by atoms with Crippen LogP contribution in [0.1, 0.15) is 12.0 Å². The van der Waals surface area contributed by atoms with Gasteiger partial charge in [0.15, 0.2) is 0 Å². The second kappa shape index (κ2) is 8.69. The van der Waals surface area contributed by atoms with Gasteiger partial charge in [-0.25, -0.2) is 0 Å². The first-order valence-electron chi connectivity index (χ1n) is 8.28. The molecule has 0 radical (unpaired) electrons. The molecule has 0 bridgehead atoms. The van der Waals surface area contributed by atoms with E-state index < -0.39 is 0 Å². The predicted octanol–water partition coefficient (Wildman–Crippen LogP) is 3.80. The van der Waals surface area contributed by atoms with Crippen LogP contribution in [0.15, 0.2) is 64.3 Å². The van der Waals surface area contributed by atoms with Gasteiger partial charge in [0.1, 0.15) is 0 Å². The quantitative estimate of drug-likeness (QED) is 0.623. The van der Waals surface area contributed by atoms with Crippen molar-refractivity contribution in [1.29, 1.82) is 0 Å². The molecule has 1 amide bonds. The lowest BCUT2D eigenvalue weighted by Gasteiger charge is -2.09. The van der Waals surface area contributed by atoms with E-state index in [1.807, 2.05) is 42.5 Å². The van der Waals surface area contributed by atoms with Crippen LogP contribution in [-0.4, -0.2) is 23.8 Å². The van der Waals surface area contributed by atoms with E-state index in [2.05, 4.69) is 10.3 Å². The van der Waals surface area contributed by atoms with Crippen LogP contribution < -0.4 is 10.9 Å². The minimum atomic E-state index is -0.188. The van der Waals surface area contributed by atoms with Gasteiger partial charge >= 0.3 is 0 Å². The summed E-state index contributed by atoms with van der Waals surface area (Å²) in [6.07, 6.45) is 0.415. The van der Waals surface area contributed by atoms with E-state index in [1.54, 1.807) is 24.9 Å². The first-order valence-corrected chi connectivity index (χ1v) is 9.27. The highest BCUT2D eigenvalue weighted by atomic mass is 32.2. The van der Waals surface area contributed by atoms with E-state index in [-0.39, 0.29) is 11.5 Å². The molecule has 134 valence electrons. The minimum Gasteiger partial charge on any atom is -0.380 e. The average Bonchev–Trinajstić information content (AvgIpc) is 2.62. The predicted molar refractivity (Wildman–Crippen MR) is 106 cm³/mol. The summed E-state index contributed by atoms with van der Waals surface area (Å²) in [4.78, 5) is 27.9. The molecule has 0 aliphatic heterocycles. The van der Waals surface area contributed by atoms with Crippen molar-refractivity contribution in [1.82, 2.24) is 4.98 Å². The molecule has 0 fully saturated rings. The molecule has 0 aliphatic rings. The van der Waals surface area contributed by atoms with Gasteiger partial charge in [-0.15, -0.1) is 11.8 Å². The van der Waals surface area contributed by atoms with E-state index >= 15 is 0 Å². The normalized spacial score (nSPS) is 10.8.